The monoisotopic (exact) mass is 243 g/mol. The lowest BCUT2D eigenvalue weighted by Gasteiger charge is -2.07. The second-order valence-electron chi connectivity index (χ2n) is 5.52. The molecule has 3 heteroatoms. The van der Waals surface area contributed by atoms with Crippen LogP contribution in [0.3, 0.4) is 0 Å². The first kappa shape index (κ1) is 11.7. The van der Waals surface area contributed by atoms with Gasteiger partial charge in [0.1, 0.15) is 5.82 Å². The fourth-order valence-corrected chi connectivity index (χ4v) is 2.88. The van der Waals surface area contributed by atoms with Gasteiger partial charge in [-0.1, -0.05) is 25.8 Å². The fraction of sp³-hybridized carbons (Fsp3) is 0.533. The maximum Gasteiger partial charge on any atom is 0.110 e. The molecule has 3 rings (SSSR count). The van der Waals surface area contributed by atoms with Gasteiger partial charge in [0.2, 0.25) is 0 Å². The van der Waals surface area contributed by atoms with Crippen molar-refractivity contribution in [3.63, 3.8) is 0 Å². The third-order valence-electron chi connectivity index (χ3n) is 4.19. The highest BCUT2D eigenvalue weighted by Crippen LogP contribution is 2.33. The molecule has 0 aliphatic heterocycles. The molecule has 18 heavy (non-hydrogen) atoms. The zero-order chi connectivity index (χ0) is 12.5. The van der Waals surface area contributed by atoms with Gasteiger partial charge in [-0.05, 0) is 43.0 Å². The molecule has 3 nitrogen and oxygen atoms in total. The molecule has 1 atom stereocenters. The van der Waals surface area contributed by atoms with Crippen LogP contribution in [0.4, 0.5) is 0 Å². The van der Waals surface area contributed by atoms with Gasteiger partial charge in [-0.3, -0.25) is 0 Å². The molecular weight excluding hydrogens is 222 g/mol. The predicted molar refractivity (Wildman–Crippen MR) is 74.8 cm³/mol. The lowest BCUT2D eigenvalue weighted by atomic mass is 10.0. The minimum absolute atomic E-state index is 0.410. The van der Waals surface area contributed by atoms with Gasteiger partial charge in [-0.2, -0.15) is 0 Å². The number of imidazole rings is 1. The summed E-state index contributed by atoms with van der Waals surface area (Å²) in [6, 6.07) is 6.48. The number of aromatic nitrogens is 2. The van der Waals surface area contributed by atoms with E-state index in [-0.39, 0.29) is 0 Å². The van der Waals surface area contributed by atoms with Gasteiger partial charge in [0.25, 0.3) is 0 Å². The quantitative estimate of drug-likeness (QED) is 0.869. The first-order chi connectivity index (χ1) is 8.78. The van der Waals surface area contributed by atoms with Crippen LogP contribution in [0, 0.1) is 0 Å². The van der Waals surface area contributed by atoms with Crippen LogP contribution in [0.2, 0.25) is 0 Å². The van der Waals surface area contributed by atoms with Crippen LogP contribution in [0.5, 0.6) is 0 Å². The smallest absolute Gasteiger partial charge is 0.110 e. The van der Waals surface area contributed by atoms with E-state index < -0.39 is 0 Å². The summed E-state index contributed by atoms with van der Waals surface area (Å²) >= 11 is 0. The lowest BCUT2D eigenvalue weighted by Crippen LogP contribution is -2.08. The van der Waals surface area contributed by atoms with Gasteiger partial charge in [-0.25, -0.2) is 4.98 Å². The molecule has 1 heterocycles. The minimum atomic E-state index is 0.410. The highest BCUT2D eigenvalue weighted by molar-refractivity contribution is 5.76. The van der Waals surface area contributed by atoms with Crippen molar-refractivity contribution in [3.05, 3.63) is 29.6 Å². The number of nitrogens with zero attached hydrogens (tertiary/aromatic N) is 1. The van der Waals surface area contributed by atoms with Crippen molar-refractivity contribution >= 4 is 11.0 Å². The summed E-state index contributed by atoms with van der Waals surface area (Å²) in [5, 5.41) is 0. The van der Waals surface area contributed by atoms with Crippen molar-refractivity contribution in [2.75, 3.05) is 6.54 Å². The number of H-pyrrole nitrogens is 1. The molecular formula is C15H21N3. The van der Waals surface area contributed by atoms with Crippen LogP contribution in [-0.4, -0.2) is 16.5 Å². The maximum atomic E-state index is 5.73. The Morgan fingerprint density at radius 1 is 1.39 bits per heavy atom. The first-order valence-corrected chi connectivity index (χ1v) is 6.97. The number of fused-ring (bicyclic) bond motifs is 1. The highest BCUT2D eigenvalue weighted by Gasteiger charge is 2.20. The molecule has 0 bridgehead atoms. The van der Waals surface area contributed by atoms with Crippen LogP contribution < -0.4 is 5.73 Å². The fourth-order valence-electron chi connectivity index (χ4n) is 2.88. The maximum absolute atomic E-state index is 5.73. The highest BCUT2D eigenvalue weighted by atomic mass is 14.9. The van der Waals surface area contributed by atoms with Crippen LogP contribution in [0.1, 0.15) is 55.8 Å². The zero-order valence-corrected chi connectivity index (χ0v) is 10.9. The van der Waals surface area contributed by atoms with Crippen LogP contribution in [0.15, 0.2) is 18.2 Å². The molecule has 1 aromatic carbocycles. The topological polar surface area (TPSA) is 54.7 Å². The standard InChI is InChI=1S/C15H21N3/c1-10(9-16)12-6-7-13-14(8-12)18-15(17-13)11-4-2-3-5-11/h6-8,10-11H,2-5,9,16H2,1H3,(H,17,18). The molecule has 1 aliphatic carbocycles. The number of benzene rings is 1. The van der Waals surface area contributed by atoms with E-state index in [1.807, 2.05) is 0 Å². The van der Waals surface area contributed by atoms with E-state index in [0.29, 0.717) is 18.4 Å². The van der Waals surface area contributed by atoms with Gasteiger partial charge in [-0.15, -0.1) is 0 Å². The summed E-state index contributed by atoms with van der Waals surface area (Å²) in [4.78, 5) is 8.24. The van der Waals surface area contributed by atoms with E-state index in [1.165, 1.54) is 37.1 Å². The normalized spacial score (nSPS) is 18.6. The SMILES string of the molecule is CC(CN)c1ccc2nc(C3CCCC3)[nH]c2c1. The second kappa shape index (κ2) is 4.73. The van der Waals surface area contributed by atoms with E-state index in [0.717, 1.165) is 11.0 Å². The summed E-state index contributed by atoms with van der Waals surface area (Å²) in [6.07, 6.45) is 5.26. The third kappa shape index (κ3) is 2.03. The van der Waals surface area contributed by atoms with E-state index in [1.54, 1.807) is 0 Å². The van der Waals surface area contributed by atoms with Gasteiger partial charge in [0, 0.05) is 5.92 Å². The third-order valence-corrected chi connectivity index (χ3v) is 4.19. The van der Waals surface area contributed by atoms with Crippen molar-refractivity contribution in [3.8, 4) is 0 Å². The summed E-state index contributed by atoms with van der Waals surface area (Å²) in [6.45, 7) is 2.85. The van der Waals surface area contributed by atoms with Crippen LogP contribution in [-0.2, 0) is 0 Å². The molecule has 2 aromatic rings. The Bertz CT molecular complexity index is 538. The summed E-state index contributed by atoms with van der Waals surface area (Å²) in [5.74, 6) is 2.24. The summed E-state index contributed by atoms with van der Waals surface area (Å²) in [7, 11) is 0. The number of hydrogen-bond acceptors (Lipinski definition) is 2. The van der Waals surface area contributed by atoms with Crippen LogP contribution >= 0.6 is 0 Å². The molecule has 96 valence electrons. The van der Waals surface area contributed by atoms with Gasteiger partial charge in [0.05, 0.1) is 11.0 Å². The van der Waals surface area contributed by atoms with E-state index >= 15 is 0 Å². The largest absolute Gasteiger partial charge is 0.342 e. The van der Waals surface area contributed by atoms with E-state index in [2.05, 4.69) is 30.1 Å². The molecule has 1 aliphatic rings. The number of nitrogens with one attached hydrogen (secondary N) is 1. The molecule has 1 unspecified atom stereocenters. The first-order valence-electron chi connectivity index (χ1n) is 6.97. The average molecular weight is 243 g/mol. The minimum Gasteiger partial charge on any atom is -0.342 e. The number of nitrogens with two attached hydrogens (primary N) is 1. The Balaban J connectivity index is 1.96. The van der Waals surface area contributed by atoms with Crippen molar-refractivity contribution in [1.82, 2.24) is 9.97 Å². The Hall–Kier alpha value is -1.35. The zero-order valence-electron chi connectivity index (χ0n) is 10.9. The number of aromatic amines is 1. The van der Waals surface area contributed by atoms with Gasteiger partial charge >= 0.3 is 0 Å². The lowest BCUT2D eigenvalue weighted by molar-refractivity contribution is 0.681. The van der Waals surface area contributed by atoms with Gasteiger partial charge in [0.15, 0.2) is 0 Å². The number of rotatable bonds is 3. The predicted octanol–water partition coefficient (Wildman–Crippen LogP) is 3.28. The molecule has 0 saturated heterocycles. The van der Waals surface area contributed by atoms with E-state index in [4.69, 9.17) is 10.7 Å². The molecule has 1 fully saturated rings. The van der Waals surface area contributed by atoms with E-state index in [9.17, 15) is 0 Å². The molecule has 0 amide bonds. The van der Waals surface area contributed by atoms with Crippen LogP contribution in [0.25, 0.3) is 11.0 Å². The average Bonchev–Trinajstić information content (AvgIpc) is 3.04. The summed E-state index contributed by atoms with van der Waals surface area (Å²) in [5.41, 5.74) is 9.27. The molecule has 0 radical (unpaired) electrons. The van der Waals surface area contributed by atoms with Crippen molar-refractivity contribution in [2.45, 2.75) is 44.4 Å². The number of hydrogen-bond donors (Lipinski definition) is 2. The molecule has 0 spiro atoms. The molecule has 1 aromatic heterocycles. The Kier molecular flexibility index (Phi) is 3.08. The second-order valence-corrected chi connectivity index (χ2v) is 5.52. The Morgan fingerprint density at radius 3 is 2.89 bits per heavy atom. The summed E-state index contributed by atoms with van der Waals surface area (Å²) < 4.78 is 0. The van der Waals surface area contributed by atoms with Gasteiger partial charge < -0.3 is 10.7 Å². The molecule has 1 saturated carbocycles. The Labute approximate surface area is 108 Å². The van der Waals surface area contributed by atoms with Crippen molar-refractivity contribution in [2.24, 2.45) is 5.73 Å². The van der Waals surface area contributed by atoms with Crippen molar-refractivity contribution < 1.29 is 0 Å². The molecule has 3 N–H and O–H groups in total. The van der Waals surface area contributed by atoms with Crippen molar-refractivity contribution in [1.29, 1.82) is 0 Å². The Morgan fingerprint density at radius 2 is 2.17 bits per heavy atom.